The van der Waals surface area contributed by atoms with Gasteiger partial charge >= 0.3 is 0 Å². The van der Waals surface area contributed by atoms with Crippen LogP contribution in [0.1, 0.15) is 19.4 Å². The summed E-state index contributed by atoms with van der Waals surface area (Å²) in [6.45, 7) is 6.23. The molecule has 1 heteroatoms. The Bertz CT molecular complexity index is 466. The van der Waals surface area contributed by atoms with E-state index in [4.69, 9.17) is 4.74 Å². The summed E-state index contributed by atoms with van der Waals surface area (Å²) in [6.07, 6.45) is 0.218. The molecular weight excluding hydrogens is 184 g/mol. The van der Waals surface area contributed by atoms with Gasteiger partial charge in [-0.05, 0) is 37.8 Å². The molecule has 0 atom stereocenters. The Kier molecular flexibility index (Phi) is 2.63. The number of rotatable bonds is 2. The molecule has 1 nitrogen and oxygen atoms in total. The van der Waals surface area contributed by atoms with Crippen LogP contribution in [0.2, 0.25) is 0 Å². The molecular formula is C14H16O. The highest BCUT2D eigenvalue weighted by Gasteiger charge is 2.05. The first-order valence-corrected chi connectivity index (χ1v) is 5.33. The van der Waals surface area contributed by atoms with Crippen LogP contribution in [0, 0.1) is 6.92 Å². The van der Waals surface area contributed by atoms with Crippen molar-refractivity contribution in [3.05, 3.63) is 42.0 Å². The molecule has 2 aromatic rings. The lowest BCUT2D eigenvalue weighted by Gasteiger charge is -2.13. The molecule has 0 radical (unpaired) electrons. The molecule has 15 heavy (non-hydrogen) atoms. The molecule has 0 bridgehead atoms. The number of benzene rings is 2. The van der Waals surface area contributed by atoms with E-state index in [-0.39, 0.29) is 6.10 Å². The molecule has 0 aliphatic rings. The van der Waals surface area contributed by atoms with E-state index in [0.717, 1.165) is 5.75 Å². The van der Waals surface area contributed by atoms with Crippen LogP contribution in [-0.4, -0.2) is 6.10 Å². The van der Waals surface area contributed by atoms with E-state index >= 15 is 0 Å². The fourth-order valence-electron chi connectivity index (χ4n) is 1.84. The minimum absolute atomic E-state index is 0.218. The minimum atomic E-state index is 0.218. The number of aryl methyl sites for hydroxylation is 1. The maximum absolute atomic E-state index is 5.81. The topological polar surface area (TPSA) is 9.23 Å². The Labute approximate surface area is 90.7 Å². The van der Waals surface area contributed by atoms with Gasteiger partial charge in [0, 0.05) is 5.39 Å². The van der Waals surface area contributed by atoms with E-state index in [2.05, 4.69) is 45.0 Å². The molecule has 0 fully saturated rings. The molecule has 2 aromatic carbocycles. The van der Waals surface area contributed by atoms with Gasteiger partial charge in [-0.25, -0.2) is 0 Å². The summed E-state index contributed by atoms with van der Waals surface area (Å²) >= 11 is 0. The van der Waals surface area contributed by atoms with Gasteiger partial charge in [0.05, 0.1) is 6.10 Å². The fraction of sp³-hybridized carbons (Fsp3) is 0.286. The van der Waals surface area contributed by atoms with Crippen molar-refractivity contribution in [2.45, 2.75) is 26.9 Å². The average molecular weight is 200 g/mol. The lowest BCUT2D eigenvalue weighted by atomic mass is 10.0. The molecule has 0 aromatic heterocycles. The van der Waals surface area contributed by atoms with E-state index in [1.807, 2.05) is 12.1 Å². The molecule has 0 unspecified atom stereocenters. The molecule has 0 amide bonds. The van der Waals surface area contributed by atoms with Crippen LogP contribution in [0.4, 0.5) is 0 Å². The normalized spacial score (nSPS) is 10.9. The molecule has 0 heterocycles. The van der Waals surface area contributed by atoms with E-state index in [1.54, 1.807) is 0 Å². The van der Waals surface area contributed by atoms with E-state index in [9.17, 15) is 0 Å². The van der Waals surface area contributed by atoms with Crippen molar-refractivity contribution >= 4 is 10.8 Å². The van der Waals surface area contributed by atoms with Crippen molar-refractivity contribution in [1.82, 2.24) is 0 Å². The van der Waals surface area contributed by atoms with Crippen molar-refractivity contribution < 1.29 is 4.74 Å². The van der Waals surface area contributed by atoms with Crippen LogP contribution >= 0.6 is 0 Å². The molecule has 0 aliphatic carbocycles. The van der Waals surface area contributed by atoms with Gasteiger partial charge in [0.25, 0.3) is 0 Å². The van der Waals surface area contributed by atoms with Gasteiger partial charge in [-0.3, -0.25) is 0 Å². The third-order valence-corrected chi connectivity index (χ3v) is 2.44. The molecule has 78 valence electrons. The first-order valence-electron chi connectivity index (χ1n) is 5.33. The average Bonchev–Trinajstić information content (AvgIpc) is 2.17. The van der Waals surface area contributed by atoms with Crippen molar-refractivity contribution in [3.8, 4) is 5.75 Å². The molecule has 0 aliphatic heterocycles. The standard InChI is InChI=1S/C14H16O/c1-10(2)15-13-9-5-8-12-7-4-6-11(3)14(12)13/h4-10H,1-3H3. The summed E-state index contributed by atoms with van der Waals surface area (Å²) in [5.41, 5.74) is 1.27. The van der Waals surface area contributed by atoms with Gasteiger partial charge in [-0.15, -0.1) is 0 Å². The Morgan fingerprint density at radius 1 is 1.00 bits per heavy atom. The summed E-state index contributed by atoms with van der Waals surface area (Å²) in [5.74, 6) is 0.987. The zero-order chi connectivity index (χ0) is 10.8. The molecule has 0 saturated carbocycles. The first kappa shape index (κ1) is 10.0. The lowest BCUT2D eigenvalue weighted by Crippen LogP contribution is -2.06. The summed E-state index contributed by atoms with van der Waals surface area (Å²) in [7, 11) is 0. The van der Waals surface area contributed by atoms with Gasteiger partial charge in [0.2, 0.25) is 0 Å². The van der Waals surface area contributed by atoms with E-state index in [0.29, 0.717) is 0 Å². The number of hydrogen-bond acceptors (Lipinski definition) is 1. The summed E-state index contributed by atoms with van der Waals surface area (Å²) in [4.78, 5) is 0. The van der Waals surface area contributed by atoms with Crippen LogP contribution in [0.5, 0.6) is 5.75 Å². The first-order chi connectivity index (χ1) is 7.18. The van der Waals surface area contributed by atoms with Crippen LogP contribution in [-0.2, 0) is 0 Å². The maximum atomic E-state index is 5.81. The molecule has 0 spiro atoms. The summed E-state index contributed by atoms with van der Waals surface area (Å²) in [5, 5.41) is 2.47. The Balaban J connectivity index is 2.63. The zero-order valence-electron chi connectivity index (χ0n) is 9.45. The van der Waals surface area contributed by atoms with Gasteiger partial charge in [0.15, 0.2) is 0 Å². The third-order valence-electron chi connectivity index (χ3n) is 2.44. The Hall–Kier alpha value is -1.50. The summed E-state index contributed by atoms with van der Waals surface area (Å²) < 4.78 is 5.81. The zero-order valence-corrected chi connectivity index (χ0v) is 9.45. The largest absolute Gasteiger partial charge is 0.490 e. The lowest BCUT2D eigenvalue weighted by molar-refractivity contribution is 0.245. The number of ether oxygens (including phenoxy) is 1. The van der Waals surface area contributed by atoms with E-state index in [1.165, 1.54) is 16.3 Å². The maximum Gasteiger partial charge on any atom is 0.127 e. The van der Waals surface area contributed by atoms with Crippen LogP contribution in [0.3, 0.4) is 0 Å². The van der Waals surface area contributed by atoms with Crippen LogP contribution in [0.15, 0.2) is 36.4 Å². The van der Waals surface area contributed by atoms with Crippen LogP contribution < -0.4 is 4.74 Å². The van der Waals surface area contributed by atoms with Crippen molar-refractivity contribution in [2.24, 2.45) is 0 Å². The van der Waals surface area contributed by atoms with E-state index < -0.39 is 0 Å². The van der Waals surface area contributed by atoms with Crippen molar-refractivity contribution in [3.63, 3.8) is 0 Å². The highest BCUT2D eigenvalue weighted by molar-refractivity contribution is 5.91. The minimum Gasteiger partial charge on any atom is -0.490 e. The monoisotopic (exact) mass is 200 g/mol. The van der Waals surface area contributed by atoms with Crippen molar-refractivity contribution in [1.29, 1.82) is 0 Å². The third kappa shape index (κ3) is 1.96. The van der Waals surface area contributed by atoms with Gasteiger partial charge in [0.1, 0.15) is 5.75 Å². The molecule has 2 rings (SSSR count). The highest BCUT2D eigenvalue weighted by Crippen LogP contribution is 2.29. The van der Waals surface area contributed by atoms with Gasteiger partial charge in [-0.1, -0.05) is 30.3 Å². The predicted molar refractivity (Wildman–Crippen MR) is 64.4 cm³/mol. The highest BCUT2D eigenvalue weighted by atomic mass is 16.5. The predicted octanol–water partition coefficient (Wildman–Crippen LogP) is 3.94. The summed E-state index contributed by atoms with van der Waals surface area (Å²) in [6, 6.07) is 12.5. The van der Waals surface area contributed by atoms with Crippen molar-refractivity contribution in [2.75, 3.05) is 0 Å². The van der Waals surface area contributed by atoms with Gasteiger partial charge in [-0.2, -0.15) is 0 Å². The molecule has 0 N–H and O–H groups in total. The quantitative estimate of drug-likeness (QED) is 0.713. The second kappa shape index (κ2) is 3.93. The van der Waals surface area contributed by atoms with Gasteiger partial charge < -0.3 is 4.74 Å². The Morgan fingerprint density at radius 3 is 2.33 bits per heavy atom. The Morgan fingerprint density at radius 2 is 1.67 bits per heavy atom. The smallest absolute Gasteiger partial charge is 0.127 e. The second-order valence-corrected chi connectivity index (χ2v) is 4.10. The molecule has 0 saturated heterocycles. The van der Waals surface area contributed by atoms with Crippen LogP contribution in [0.25, 0.3) is 10.8 Å². The second-order valence-electron chi connectivity index (χ2n) is 4.10. The fourth-order valence-corrected chi connectivity index (χ4v) is 1.84. The number of hydrogen-bond donors (Lipinski definition) is 0. The number of fused-ring (bicyclic) bond motifs is 1. The SMILES string of the molecule is Cc1cccc2cccc(OC(C)C)c12.